The lowest BCUT2D eigenvalue weighted by molar-refractivity contribution is -0.129. The number of hydrogen-bond donors (Lipinski definition) is 3. The first-order chi connectivity index (χ1) is 12.7. The SMILES string of the molecule is CCC(C)C(NC(=O)OCc1ccccc1)C(=O)N[C@@H](CC(C)C)C(N)=O. The number of benzene rings is 1. The lowest BCUT2D eigenvalue weighted by atomic mass is 9.97. The van der Waals surface area contributed by atoms with Crippen LogP contribution in [0.3, 0.4) is 0 Å². The molecule has 4 N–H and O–H groups in total. The van der Waals surface area contributed by atoms with Crippen molar-refractivity contribution >= 4 is 17.9 Å². The Hall–Kier alpha value is -2.57. The predicted molar refractivity (Wildman–Crippen MR) is 104 cm³/mol. The molecule has 0 radical (unpaired) electrons. The number of nitrogens with one attached hydrogen (secondary N) is 2. The van der Waals surface area contributed by atoms with Gasteiger partial charge in [0.1, 0.15) is 18.7 Å². The van der Waals surface area contributed by atoms with Gasteiger partial charge in [-0.2, -0.15) is 0 Å². The van der Waals surface area contributed by atoms with Crippen molar-refractivity contribution in [2.45, 2.75) is 59.2 Å². The minimum atomic E-state index is -0.813. The van der Waals surface area contributed by atoms with E-state index < -0.39 is 30.0 Å². The third-order valence-corrected chi connectivity index (χ3v) is 4.35. The fourth-order valence-corrected chi connectivity index (χ4v) is 2.57. The molecule has 0 saturated carbocycles. The minimum Gasteiger partial charge on any atom is -0.445 e. The van der Waals surface area contributed by atoms with Crippen LogP contribution in [-0.4, -0.2) is 30.0 Å². The lowest BCUT2D eigenvalue weighted by Crippen LogP contribution is -2.55. The van der Waals surface area contributed by atoms with Crippen molar-refractivity contribution in [1.29, 1.82) is 0 Å². The fourth-order valence-electron chi connectivity index (χ4n) is 2.57. The molecule has 1 rings (SSSR count). The van der Waals surface area contributed by atoms with Crippen LogP contribution in [0.25, 0.3) is 0 Å². The summed E-state index contributed by atoms with van der Waals surface area (Å²) in [6.45, 7) is 7.75. The number of carbonyl (C=O) groups excluding carboxylic acids is 3. The summed E-state index contributed by atoms with van der Waals surface area (Å²) in [5.74, 6) is -0.979. The summed E-state index contributed by atoms with van der Waals surface area (Å²) >= 11 is 0. The van der Waals surface area contributed by atoms with Crippen molar-refractivity contribution in [3.8, 4) is 0 Å². The van der Waals surface area contributed by atoms with E-state index in [1.165, 1.54) is 0 Å². The van der Waals surface area contributed by atoms with Gasteiger partial charge in [-0.3, -0.25) is 9.59 Å². The highest BCUT2D eigenvalue weighted by Crippen LogP contribution is 2.11. The number of carbonyl (C=O) groups is 3. The lowest BCUT2D eigenvalue weighted by Gasteiger charge is -2.26. The smallest absolute Gasteiger partial charge is 0.408 e. The summed E-state index contributed by atoms with van der Waals surface area (Å²) in [5, 5.41) is 5.27. The number of rotatable bonds is 10. The Bertz CT molecular complexity index is 619. The Kier molecular flexibility index (Phi) is 9.33. The number of alkyl carbamates (subject to hydrolysis) is 1. The molecule has 7 nitrogen and oxygen atoms in total. The van der Waals surface area contributed by atoms with E-state index in [2.05, 4.69) is 10.6 Å². The monoisotopic (exact) mass is 377 g/mol. The Morgan fingerprint density at radius 1 is 1.07 bits per heavy atom. The van der Waals surface area contributed by atoms with Crippen molar-refractivity contribution < 1.29 is 19.1 Å². The zero-order valence-electron chi connectivity index (χ0n) is 16.5. The van der Waals surface area contributed by atoms with Crippen LogP contribution in [0, 0.1) is 11.8 Å². The minimum absolute atomic E-state index is 0.110. The molecule has 3 atom stereocenters. The van der Waals surface area contributed by atoms with Crippen molar-refractivity contribution in [3.63, 3.8) is 0 Å². The van der Waals surface area contributed by atoms with E-state index in [1.54, 1.807) is 0 Å². The van der Waals surface area contributed by atoms with Gasteiger partial charge in [-0.25, -0.2) is 4.79 Å². The molecule has 0 aromatic heterocycles. The van der Waals surface area contributed by atoms with Crippen molar-refractivity contribution in [2.24, 2.45) is 17.6 Å². The van der Waals surface area contributed by atoms with Gasteiger partial charge < -0.3 is 21.1 Å². The standard InChI is InChI=1S/C20H31N3O4/c1-5-14(4)17(19(25)22-16(18(21)24)11-13(2)3)23-20(26)27-12-15-9-7-6-8-10-15/h6-10,13-14,16-17H,5,11-12H2,1-4H3,(H2,21,24)(H,22,25)(H,23,26)/t14?,16-,17?/m0/s1. The van der Waals surface area contributed by atoms with Gasteiger partial charge in [0.2, 0.25) is 11.8 Å². The second-order valence-electron chi connectivity index (χ2n) is 7.16. The molecule has 0 aliphatic rings. The van der Waals surface area contributed by atoms with E-state index in [1.807, 2.05) is 58.0 Å². The molecule has 1 aromatic rings. The molecule has 150 valence electrons. The highest BCUT2D eigenvalue weighted by atomic mass is 16.5. The molecule has 0 spiro atoms. The van der Waals surface area contributed by atoms with Crippen LogP contribution in [-0.2, 0) is 20.9 Å². The maximum absolute atomic E-state index is 12.7. The van der Waals surface area contributed by atoms with Crippen LogP contribution < -0.4 is 16.4 Å². The molecule has 0 heterocycles. The van der Waals surface area contributed by atoms with E-state index in [9.17, 15) is 14.4 Å². The number of amides is 3. The van der Waals surface area contributed by atoms with E-state index in [-0.39, 0.29) is 18.4 Å². The molecule has 1 aromatic carbocycles. The van der Waals surface area contributed by atoms with E-state index in [0.29, 0.717) is 12.8 Å². The first-order valence-electron chi connectivity index (χ1n) is 9.31. The Morgan fingerprint density at radius 2 is 1.70 bits per heavy atom. The molecule has 27 heavy (non-hydrogen) atoms. The third kappa shape index (κ3) is 8.11. The molecule has 7 heteroatoms. The van der Waals surface area contributed by atoms with Crippen LogP contribution >= 0.6 is 0 Å². The average molecular weight is 377 g/mol. The average Bonchev–Trinajstić information content (AvgIpc) is 2.63. The van der Waals surface area contributed by atoms with Crippen LogP contribution in [0.15, 0.2) is 30.3 Å². The molecule has 0 saturated heterocycles. The normalized spacial score (nSPS) is 14.1. The van der Waals surface area contributed by atoms with Gasteiger partial charge in [0.25, 0.3) is 0 Å². The molecule has 0 aliphatic carbocycles. The zero-order chi connectivity index (χ0) is 20.4. The molecule has 0 aliphatic heterocycles. The van der Waals surface area contributed by atoms with E-state index >= 15 is 0 Å². The molecular formula is C20H31N3O4. The first kappa shape index (κ1) is 22.5. The molecule has 0 bridgehead atoms. The highest BCUT2D eigenvalue weighted by Gasteiger charge is 2.29. The van der Waals surface area contributed by atoms with Gasteiger partial charge in [0.05, 0.1) is 0 Å². The molecule has 0 fully saturated rings. The Labute approximate surface area is 161 Å². The third-order valence-electron chi connectivity index (χ3n) is 4.35. The summed E-state index contributed by atoms with van der Waals surface area (Å²) in [5.41, 5.74) is 6.24. The second-order valence-corrected chi connectivity index (χ2v) is 7.16. The highest BCUT2D eigenvalue weighted by molar-refractivity contribution is 5.90. The summed E-state index contributed by atoms with van der Waals surface area (Å²) in [6.07, 6.45) is 0.425. The zero-order valence-corrected chi connectivity index (χ0v) is 16.5. The summed E-state index contributed by atoms with van der Waals surface area (Å²) in [4.78, 5) is 36.4. The summed E-state index contributed by atoms with van der Waals surface area (Å²) in [7, 11) is 0. The molecule has 3 amide bonds. The van der Waals surface area contributed by atoms with Gasteiger partial charge in [0, 0.05) is 0 Å². The van der Waals surface area contributed by atoms with Gasteiger partial charge in [-0.05, 0) is 23.8 Å². The Balaban J connectivity index is 2.71. The van der Waals surface area contributed by atoms with Crippen molar-refractivity contribution in [3.05, 3.63) is 35.9 Å². The topological polar surface area (TPSA) is 111 Å². The molecule has 2 unspecified atom stereocenters. The molecular weight excluding hydrogens is 346 g/mol. The summed E-state index contributed by atoms with van der Waals surface area (Å²) in [6, 6.07) is 7.68. The van der Waals surface area contributed by atoms with Gasteiger partial charge in [-0.15, -0.1) is 0 Å². The van der Waals surface area contributed by atoms with Crippen molar-refractivity contribution in [2.75, 3.05) is 0 Å². The van der Waals surface area contributed by atoms with Crippen LogP contribution in [0.5, 0.6) is 0 Å². The van der Waals surface area contributed by atoms with Crippen LogP contribution in [0.1, 0.15) is 46.1 Å². The second kappa shape index (κ2) is 11.2. The fraction of sp³-hybridized carbons (Fsp3) is 0.550. The largest absolute Gasteiger partial charge is 0.445 e. The Morgan fingerprint density at radius 3 is 2.22 bits per heavy atom. The van der Waals surface area contributed by atoms with Crippen LogP contribution in [0.4, 0.5) is 4.79 Å². The van der Waals surface area contributed by atoms with Gasteiger partial charge >= 0.3 is 6.09 Å². The first-order valence-corrected chi connectivity index (χ1v) is 9.31. The van der Waals surface area contributed by atoms with Gasteiger partial charge in [0.15, 0.2) is 0 Å². The van der Waals surface area contributed by atoms with Gasteiger partial charge in [-0.1, -0.05) is 64.4 Å². The van der Waals surface area contributed by atoms with E-state index in [0.717, 1.165) is 5.56 Å². The summed E-state index contributed by atoms with van der Waals surface area (Å²) < 4.78 is 5.20. The predicted octanol–water partition coefficient (Wildman–Crippen LogP) is 2.34. The quantitative estimate of drug-likeness (QED) is 0.581. The van der Waals surface area contributed by atoms with Crippen molar-refractivity contribution in [1.82, 2.24) is 10.6 Å². The maximum atomic E-state index is 12.7. The number of nitrogens with two attached hydrogens (primary N) is 1. The maximum Gasteiger partial charge on any atom is 0.408 e. The van der Waals surface area contributed by atoms with E-state index in [4.69, 9.17) is 10.5 Å². The number of ether oxygens (including phenoxy) is 1. The van der Waals surface area contributed by atoms with Crippen LogP contribution in [0.2, 0.25) is 0 Å². The number of hydrogen-bond acceptors (Lipinski definition) is 4. The number of primary amides is 1.